The summed E-state index contributed by atoms with van der Waals surface area (Å²) in [4.78, 5) is 14.1. The van der Waals surface area contributed by atoms with Gasteiger partial charge in [-0.25, -0.2) is 0 Å². The number of piperidine rings is 1. The van der Waals surface area contributed by atoms with E-state index in [1.54, 1.807) is 0 Å². The largest absolute Gasteiger partial charge is 0.326 e. The van der Waals surface area contributed by atoms with Crippen LogP contribution in [-0.2, 0) is 0 Å². The number of nitrogens with one attached hydrogen (secondary N) is 1. The van der Waals surface area contributed by atoms with E-state index in [-0.39, 0.29) is 11.8 Å². The highest BCUT2D eigenvalue weighted by Gasteiger charge is 2.27. The Balaban J connectivity index is 1.83. The van der Waals surface area contributed by atoms with E-state index < -0.39 is 0 Å². The molecule has 0 radical (unpaired) electrons. The summed E-state index contributed by atoms with van der Waals surface area (Å²) in [6.45, 7) is 4.36. The van der Waals surface area contributed by atoms with Gasteiger partial charge in [0.2, 0.25) is 5.78 Å². The van der Waals surface area contributed by atoms with Gasteiger partial charge in [0.15, 0.2) is 0 Å². The SMILES string of the molecule is C[C@@H](C(=O)c1ccc2ccccc2c1)[NH+]1CCCCC1. The molecule has 0 bridgehead atoms. The molecule has 20 heavy (non-hydrogen) atoms. The van der Waals surface area contributed by atoms with Crippen molar-refractivity contribution in [2.75, 3.05) is 13.1 Å². The molecule has 0 unspecified atom stereocenters. The van der Waals surface area contributed by atoms with Gasteiger partial charge in [-0.05, 0) is 43.0 Å². The van der Waals surface area contributed by atoms with E-state index in [4.69, 9.17) is 0 Å². The van der Waals surface area contributed by atoms with Gasteiger partial charge in [0.25, 0.3) is 0 Å². The minimum Gasteiger partial charge on any atom is -0.326 e. The zero-order valence-corrected chi connectivity index (χ0v) is 12.1. The molecule has 1 atom stereocenters. The molecule has 2 heteroatoms. The number of fused-ring (bicyclic) bond motifs is 1. The third-order valence-corrected chi connectivity index (χ3v) is 4.54. The zero-order chi connectivity index (χ0) is 13.9. The maximum atomic E-state index is 12.7. The molecule has 104 valence electrons. The monoisotopic (exact) mass is 268 g/mol. The van der Waals surface area contributed by atoms with E-state index in [9.17, 15) is 4.79 Å². The molecule has 2 aromatic carbocycles. The van der Waals surface area contributed by atoms with Crippen LogP contribution in [0.25, 0.3) is 10.8 Å². The lowest BCUT2D eigenvalue weighted by Crippen LogP contribution is -3.17. The number of hydrogen-bond acceptors (Lipinski definition) is 1. The molecule has 2 aromatic rings. The van der Waals surface area contributed by atoms with Crippen molar-refractivity contribution in [3.8, 4) is 0 Å². The summed E-state index contributed by atoms with van der Waals surface area (Å²) >= 11 is 0. The topological polar surface area (TPSA) is 21.5 Å². The summed E-state index contributed by atoms with van der Waals surface area (Å²) in [5.41, 5.74) is 0.856. The first-order valence-electron chi connectivity index (χ1n) is 7.63. The van der Waals surface area contributed by atoms with Crippen LogP contribution in [0.3, 0.4) is 0 Å². The smallest absolute Gasteiger partial charge is 0.219 e. The molecule has 1 aliphatic heterocycles. The Morgan fingerprint density at radius 2 is 1.70 bits per heavy atom. The van der Waals surface area contributed by atoms with E-state index in [0.29, 0.717) is 0 Å². The molecule has 1 saturated heterocycles. The van der Waals surface area contributed by atoms with E-state index >= 15 is 0 Å². The standard InChI is InChI=1S/C18H21NO/c1-14(19-11-5-2-6-12-19)18(20)17-10-9-15-7-3-4-8-16(15)13-17/h3-4,7-10,13-14H,2,5-6,11-12H2,1H3/p+1/t14-/m0/s1. The fourth-order valence-electron chi connectivity index (χ4n) is 3.22. The van der Waals surface area contributed by atoms with Crippen LogP contribution in [-0.4, -0.2) is 24.9 Å². The van der Waals surface area contributed by atoms with Gasteiger partial charge in [0, 0.05) is 5.56 Å². The van der Waals surface area contributed by atoms with E-state index in [1.165, 1.54) is 29.5 Å². The summed E-state index contributed by atoms with van der Waals surface area (Å²) in [5.74, 6) is 0.285. The number of ketones is 1. The number of quaternary nitrogens is 1. The first kappa shape index (κ1) is 13.3. The lowest BCUT2D eigenvalue weighted by Gasteiger charge is -2.28. The number of rotatable bonds is 3. The lowest BCUT2D eigenvalue weighted by atomic mass is 9.99. The molecule has 1 fully saturated rings. The molecule has 0 saturated carbocycles. The average Bonchev–Trinajstić information content (AvgIpc) is 2.54. The zero-order valence-electron chi connectivity index (χ0n) is 12.1. The van der Waals surface area contributed by atoms with Gasteiger partial charge in [-0.3, -0.25) is 4.79 Å². The van der Waals surface area contributed by atoms with Crippen molar-refractivity contribution in [2.24, 2.45) is 0 Å². The third kappa shape index (κ3) is 2.61. The quantitative estimate of drug-likeness (QED) is 0.849. The van der Waals surface area contributed by atoms with Crippen LogP contribution in [0.5, 0.6) is 0 Å². The molecule has 1 N–H and O–H groups in total. The fourth-order valence-corrected chi connectivity index (χ4v) is 3.22. The Labute approximate surface area is 120 Å². The predicted molar refractivity (Wildman–Crippen MR) is 82.3 cm³/mol. The molecular formula is C18H22NO+. The second-order valence-corrected chi connectivity index (χ2v) is 5.87. The molecule has 0 aliphatic carbocycles. The van der Waals surface area contributed by atoms with Crippen LogP contribution < -0.4 is 4.90 Å². The summed E-state index contributed by atoms with van der Waals surface area (Å²) in [7, 11) is 0. The van der Waals surface area contributed by atoms with Gasteiger partial charge in [-0.2, -0.15) is 0 Å². The van der Waals surface area contributed by atoms with Crippen LogP contribution in [0.4, 0.5) is 0 Å². The molecule has 1 aliphatic rings. The van der Waals surface area contributed by atoms with Crippen LogP contribution in [0, 0.1) is 0 Å². The van der Waals surface area contributed by atoms with Crippen LogP contribution in [0.1, 0.15) is 36.5 Å². The normalized spacial score (nSPS) is 18.1. The minimum atomic E-state index is 0.0801. The van der Waals surface area contributed by atoms with Gasteiger partial charge < -0.3 is 4.90 Å². The molecule has 3 rings (SSSR count). The van der Waals surface area contributed by atoms with E-state index in [2.05, 4.69) is 25.1 Å². The maximum Gasteiger partial charge on any atom is 0.219 e. The lowest BCUT2D eigenvalue weighted by molar-refractivity contribution is -0.918. The van der Waals surface area contributed by atoms with Gasteiger partial charge >= 0.3 is 0 Å². The highest BCUT2D eigenvalue weighted by molar-refractivity contribution is 6.02. The van der Waals surface area contributed by atoms with Crippen LogP contribution >= 0.6 is 0 Å². The van der Waals surface area contributed by atoms with Crippen molar-refractivity contribution in [1.29, 1.82) is 0 Å². The Bertz CT molecular complexity index is 614. The van der Waals surface area contributed by atoms with Gasteiger partial charge in [0.1, 0.15) is 6.04 Å². The van der Waals surface area contributed by atoms with Crippen molar-refractivity contribution in [1.82, 2.24) is 0 Å². The number of Topliss-reactive ketones (excluding diaryl/α,β-unsaturated/α-hetero) is 1. The Kier molecular flexibility index (Phi) is 3.83. The Hall–Kier alpha value is -1.67. The third-order valence-electron chi connectivity index (χ3n) is 4.54. The molecule has 0 aromatic heterocycles. The highest BCUT2D eigenvalue weighted by atomic mass is 16.1. The first-order valence-corrected chi connectivity index (χ1v) is 7.63. The number of benzene rings is 2. The van der Waals surface area contributed by atoms with Crippen molar-refractivity contribution in [3.05, 3.63) is 48.0 Å². The number of hydrogen-bond donors (Lipinski definition) is 1. The predicted octanol–water partition coefficient (Wildman–Crippen LogP) is 2.48. The van der Waals surface area contributed by atoms with Crippen molar-refractivity contribution in [3.63, 3.8) is 0 Å². The Morgan fingerprint density at radius 1 is 1.00 bits per heavy atom. The van der Waals surface area contributed by atoms with Gasteiger partial charge in [-0.1, -0.05) is 36.4 Å². The molecule has 0 amide bonds. The summed E-state index contributed by atoms with van der Waals surface area (Å²) in [6, 6.07) is 14.4. The van der Waals surface area contributed by atoms with Crippen LogP contribution in [0.15, 0.2) is 42.5 Å². The number of likely N-dealkylation sites (tertiary alicyclic amines) is 1. The highest BCUT2D eigenvalue weighted by Crippen LogP contribution is 2.16. The van der Waals surface area contributed by atoms with Gasteiger partial charge in [-0.15, -0.1) is 0 Å². The molecular weight excluding hydrogens is 246 g/mol. The fraction of sp³-hybridized carbons (Fsp3) is 0.389. The second kappa shape index (κ2) is 5.76. The minimum absolute atomic E-state index is 0.0801. The van der Waals surface area contributed by atoms with Crippen molar-refractivity contribution in [2.45, 2.75) is 32.2 Å². The molecule has 1 heterocycles. The number of carbonyl (C=O) groups excluding carboxylic acids is 1. The van der Waals surface area contributed by atoms with E-state index in [0.717, 1.165) is 24.0 Å². The van der Waals surface area contributed by atoms with Crippen LogP contribution in [0.2, 0.25) is 0 Å². The van der Waals surface area contributed by atoms with Gasteiger partial charge in [0.05, 0.1) is 13.1 Å². The first-order chi connectivity index (χ1) is 9.75. The molecule has 2 nitrogen and oxygen atoms in total. The molecule has 0 spiro atoms. The summed E-state index contributed by atoms with van der Waals surface area (Å²) in [6.07, 6.45) is 3.83. The summed E-state index contributed by atoms with van der Waals surface area (Å²) < 4.78 is 0. The summed E-state index contributed by atoms with van der Waals surface area (Å²) in [5, 5.41) is 2.35. The average molecular weight is 268 g/mol. The Morgan fingerprint density at radius 3 is 2.45 bits per heavy atom. The second-order valence-electron chi connectivity index (χ2n) is 5.87. The van der Waals surface area contributed by atoms with Crippen molar-refractivity contribution < 1.29 is 9.69 Å². The maximum absolute atomic E-state index is 12.7. The van der Waals surface area contributed by atoms with Crippen molar-refractivity contribution >= 4 is 16.6 Å². The number of carbonyl (C=O) groups is 1. The van der Waals surface area contributed by atoms with E-state index in [1.807, 2.05) is 24.3 Å².